The van der Waals surface area contributed by atoms with Crippen LogP contribution in [0.25, 0.3) is 27.7 Å². The Balaban J connectivity index is 1.78. The standard InChI is InChI=1S/C26H29NO4/c1-4-30-24-16-25-21(22(17-31-25)19-10-6-7-11-23(19)29-3)15-20(24)18(2)14-26(28)27-12-8-5-9-13-27/h6-7,10-11,14-17H,4-5,8-9,12-13H2,1-3H3/b18-14+. The molecule has 5 nitrogen and oxygen atoms in total. The van der Waals surface area contributed by atoms with E-state index in [-0.39, 0.29) is 5.91 Å². The van der Waals surface area contributed by atoms with E-state index in [1.54, 1.807) is 19.4 Å². The van der Waals surface area contributed by atoms with Crippen LogP contribution in [0.2, 0.25) is 0 Å². The number of amides is 1. The van der Waals surface area contributed by atoms with E-state index in [1.165, 1.54) is 6.42 Å². The molecule has 4 rings (SSSR count). The van der Waals surface area contributed by atoms with E-state index < -0.39 is 0 Å². The number of carbonyl (C=O) groups excluding carboxylic acids is 1. The van der Waals surface area contributed by atoms with Gasteiger partial charge in [0.15, 0.2) is 0 Å². The molecular formula is C26H29NO4. The molecule has 5 heteroatoms. The van der Waals surface area contributed by atoms with E-state index in [4.69, 9.17) is 13.9 Å². The van der Waals surface area contributed by atoms with Crippen LogP contribution in [0.1, 0.15) is 38.7 Å². The van der Waals surface area contributed by atoms with Gasteiger partial charge < -0.3 is 18.8 Å². The molecule has 1 aliphatic rings. The molecule has 0 atom stereocenters. The third-order valence-electron chi connectivity index (χ3n) is 5.81. The summed E-state index contributed by atoms with van der Waals surface area (Å²) in [5, 5.41) is 0.959. The van der Waals surface area contributed by atoms with Crippen LogP contribution >= 0.6 is 0 Å². The predicted molar refractivity (Wildman–Crippen MR) is 123 cm³/mol. The highest BCUT2D eigenvalue weighted by molar-refractivity contribution is 6.01. The number of fused-ring (bicyclic) bond motifs is 1. The zero-order valence-electron chi connectivity index (χ0n) is 18.4. The van der Waals surface area contributed by atoms with Crippen molar-refractivity contribution in [3.05, 3.63) is 54.3 Å². The second-order valence-corrected chi connectivity index (χ2v) is 7.84. The zero-order valence-corrected chi connectivity index (χ0v) is 18.4. The number of carbonyl (C=O) groups is 1. The number of allylic oxidation sites excluding steroid dienone is 1. The van der Waals surface area contributed by atoms with Crippen molar-refractivity contribution in [2.24, 2.45) is 0 Å². The van der Waals surface area contributed by atoms with E-state index in [9.17, 15) is 4.79 Å². The molecule has 3 aromatic rings. The summed E-state index contributed by atoms with van der Waals surface area (Å²) in [4.78, 5) is 14.7. The normalized spacial score (nSPS) is 14.7. The number of furan rings is 1. The number of ether oxygens (including phenoxy) is 2. The van der Waals surface area contributed by atoms with Gasteiger partial charge in [-0.2, -0.15) is 0 Å². The molecule has 0 radical (unpaired) electrons. The summed E-state index contributed by atoms with van der Waals surface area (Å²) in [5.74, 6) is 1.57. The number of benzene rings is 2. The summed E-state index contributed by atoms with van der Waals surface area (Å²) in [6.07, 6.45) is 6.83. The fourth-order valence-electron chi connectivity index (χ4n) is 4.18. The Morgan fingerprint density at radius 3 is 2.61 bits per heavy atom. The van der Waals surface area contributed by atoms with Gasteiger partial charge in [-0.25, -0.2) is 0 Å². The second kappa shape index (κ2) is 9.29. The molecule has 0 N–H and O–H groups in total. The molecular weight excluding hydrogens is 390 g/mol. The topological polar surface area (TPSA) is 51.9 Å². The van der Waals surface area contributed by atoms with Gasteiger partial charge in [0.2, 0.25) is 5.91 Å². The molecule has 0 saturated carbocycles. The first kappa shape index (κ1) is 21.0. The van der Waals surface area contributed by atoms with Gasteiger partial charge in [-0.15, -0.1) is 0 Å². The van der Waals surface area contributed by atoms with Gasteiger partial charge in [-0.3, -0.25) is 4.79 Å². The molecule has 0 spiro atoms. The third kappa shape index (κ3) is 4.31. The fourth-order valence-corrected chi connectivity index (χ4v) is 4.18. The average molecular weight is 420 g/mol. The van der Waals surface area contributed by atoms with Crippen molar-refractivity contribution >= 4 is 22.4 Å². The van der Waals surface area contributed by atoms with Crippen LogP contribution in [0.3, 0.4) is 0 Å². The van der Waals surface area contributed by atoms with Crippen molar-refractivity contribution < 1.29 is 18.7 Å². The van der Waals surface area contributed by atoms with E-state index in [1.807, 2.05) is 49.1 Å². The number of hydrogen-bond donors (Lipinski definition) is 0. The van der Waals surface area contributed by atoms with Crippen LogP contribution in [-0.4, -0.2) is 37.6 Å². The Hall–Kier alpha value is -3.21. The van der Waals surface area contributed by atoms with Crippen molar-refractivity contribution in [3.63, 3.8) is 0 Å². The van der Waals surface area contributed by atoms with Crippen LogP contribution < -0.4 is 9.47 Å². The van der Waals surface area contributed by atoms with Crippen LogP contribution in [0, 0.1) is 0 Å². The van der Waals surface area contributed by atoms with Crippen LogP contribution in [0.5, 0.6) is 11.5 Å². The lowest BCUT2D eigenvalue weighted by molar-refractivity contribution is -0.126. The molecule has 2 heterocycles. The molecule has 1 fully saturated rings. The summed E-state index contributed by atoms with van der Waals surface area (Å²) in [6.45, 7) is 6.12. The summed E-state index contributed by atoms with van der Waals surface area (Å²) < 4.78 is 17.3. The molecule has 1 aliphatic heterocycles. The molecule has 0 aliphatic carbocycles. The molecule has 31 heavy (non-hydrogen) atoms. The van der Waals surface area contributed by atoms with Crippen LogP contribution in [0.15, 0.2) is 53.2 Å². The van der Waals surface area contributed by atoms with Crippen LogP contribution in [-0.2, 0) is 4.79 Å². The SMILES string of the molecule is CCOc1cc2occ(-c3ccccc3OC)c2cc1/C(C)=C/C(=O)N1CCCCC1. The number of nitrogens with zero attached hydrogens (tertiary/aromatic N) is 1. The van der Waals surface area contributed by atoms with Gasteiger partial charge in [0, 0.05) is 47.3 Å². The lowest BCUT2D eigenvalue weighted by Crippen LogP contribution is -2.34. The van der Waals surface area contributed by atoms with Gasteiger partial charge >= 0.3 is 0 Å². The van der Waals surface area contributed by atoms with E-state index in [0.29, 0.717) is 6.61 Å². The van der Waals surface area contributed by atoms with Crippen molar-refractivity contribution in [2.75, 3.05) is 26.8 Å². The number of rotatable bonds is 6. The molecule has 0 unspecified atom stereocenters. The first-order valence-corrected chi connectivity index (χ1v) is 10.9. The van der Waals surface area contributed by atoms with E-state index >= 15 is 0 Å². The number of likely N-dealkylation sites (tertiary alicyclic amines) is 1. The number of piperidine rings is 1. The van der Waals surface area contributed by atoms with Gasteiger partial charge in [0.25, 0.3) is 0 Å². The molecule has 2 aromatic carbocycles. The van der Waals surface area contributed by atoms with Gasteiger partial charge in [0.05, 0.1) is 20.0 Å². The monoisotopic (exact) mass is 419 g/mol. The van der Waals surface area contributed by atoms with E-state index in [0.717, 1.165) is 70.7 Å². The lowest BCUT2D eigenvalue weighted by atomic mass is 9.98. The predicted octanol–water partition coefficient (Wildman–Crippen LogP) is 5.92. The molecule has 1 saturated heterocycles. The van der Waals surface area contributed by atoms with Crippen molar-refractivity contribution in [1.29, 1.82) is 0 Å². The highest BCUT2D eigenvalue weighted by Crippen LogP contribution is 2.40. The highest BCUT2D eigenvalue weighted by Gasteiger charge is 2.19. The Labute approximate surface area is 183 Å². The van der Waals surface area contributed by atoms with Gasteiger partial charge in [-0.05, 0) is 50.8 Å². The molecule has 1 aromatic heterocycles. The minimum atomic E-state index is 0.0666. The van der Waals surface area contributed by atoms with Crippen molar-refractivity contribution in [3.8, 4) is 22.6 Å². The average Bonchev–Trinajstić information content (AvgIpc) is 3.21. The summed E-state index contributed by atoms with van der Waals surface area (Å²) in [6, 6.07) is 11.8. The maximum absolute atomic E-state index is 12.8. The highest BCUT2D eigenvalue weighted by atomic mass is 16.5. The first-order valence-electron chi connectivity index (χ1n) is 10.9. The zero-order chi connectivity index (χ0) is 21.8. The Bertz CT molecular complexity index is 1110. The minimum Gasteiger partial charge on any atom is -0.496 e. The van der Waals surface area contributed by atoms with Gasteiger partial charge in [-0.1, -0.05) is 18.2 Å². The maximum atomic E-state index is 12.8. The van der Waals surface area contributed by atoms with Gasteiger partial charge in [0.1, 0.15) is 17.1 Å². The second-order valence-electron chi connectivity index (χ2n) is 7.84. The largest absolute Gasteiger partial charge is 0.496 e. The molecule has 0 bridgehead atoms. The third-order valence-corrected chi connectivity index (χ3v) is 5.81. The quantitative estimate of drug-likeness (QED) is 0.465. The van der Waals surface area contributed by atoms with Crippen molar-refractivity contribution in [1.82, 2.24) is 4.90 Å². The van der Waals surface area contributed by atoms with E-state index in [2.05, 4.69) is 6.07 Å². The minimum absolute atomic E-state index is 0.0666. The fraction of sp³-hybridized carbons (Fsp3) is 0.346. The number of methoxy groups -OCH3 is 1. The smallest absolute Gasteiger partial charge is 0.246 e. The number of hydrogen-bond acceptors (Lipinski definition) is 4. The Morgan fingerprint density at radius 1 is 1.10 bits per heavy atom. The summed E-state index contributed by atoms with van der Waals surface area (Å²) >= 11 is 0. The molecule has 1 amide bonds. The first-order chi connectivity index (χ1) is 15.1. The van der Waals surface area contributed by atoms with Crippen LogP contribution in [0.4, 0.5) is 0 Å². The maximum Gasteiger partial charge on any atom is 0.246 e. The Morgan fingerprint density at radius 2 is 1.87 bits per heavy atom. The van der Waals surface area contributed by atoms with Crippen molar-refractivity contribution in [2.45, 2.75) is 33.1 Å². The lowest BCUT2D eigenvalue weighted by Gasteiger charge is -2.25. The molecule has 162 valence electrons. The summed E-state index contributed by atoms with van der Waals surface area (Å²) in [7, 11) is 1.67. The number of para-hydroxylation sites is 1. The Kier molecular flexibility index (Phi) is 6.31. The summed E-state index contributed by atoms with van der Waals surface area (Å²) in [5.41, 5.74) is 4.44.